The molecule has 1 aliphatic heterocycles. The van der Waals surface area contributed by atoms with Crippen molar-refractivity contribution >= 4 is 11.7 Å². The molecule has 0 N–H and O–H groups in total. The van der Waals surface area contributed by atoms with Gasteiger partial charge in [-0.15, -0.1) is 0 Å². The highest BCUT2D eigenvalue weighted by atomic mass is 16.2. The fourth-order valence-electron chi connectivity index (χ4n) is 2.77. The Balaban J connectivity index is 2.00. The Morgan fingerprint density at radius 1 is 0.952 bits per heavy atom. The number of ketones is 1. The van der Waals surface area contributed by atoms with Crippen LogP contribution < -0.4 is 0 Å². The zero-order chi connectivity index (χ0) is 15.6. The first-order chi connectivity index (χ1) is 9.88. The van der Waals surface area contributed by atoms with Crippen LogP contribution in [0.2, 0.25) is 0 Å². The van der Waals surface area contributed by atoms with Crippen molar-refractivity contribution in [3.05, 3.63) is 34.4 Å². The zero-order valence-electron chi connectivity index (χ0n) is 13.4. The van der Waals surface area contributed by atoms with Crippen LogP contribution in [-0.2, 0) is 4.79 Å². The third-order valence-electron chi connectivity index (χ3n) is 4.33. The van der Waals surface area contributed by atoms with E-state index >= 15 is 0 Å². The number of carbonyl (C=O) groups excluding carboxylic acids is 2. The normalized spacial score (nSPS) is 16.1. The molecule has 21 heavy (non-hydrogen) atoms. The van der Waals surface area contributed by atoms with Crippen molar-refractivity contribution < 1.29 is 9.59 Å². The minimum Gasteiger partial charge on any atom is -0.340 e. The Morgan fingerprint density at radius 2 is 1.52 bits per heavy atom. The molecule has 2 rings (SSSR count). The highest BCUT2D eigenvalue weighted by Crippen LogP contribution is 2.16. The average molecular weight is 288 g/mol. The number of carbonyl (C=O) groups is 2. The van der Waals surface area contributed by atoms with Gasteiger partial charge >= 0.3 is 0 Å². The maximum atomic E-state index is 12.5. The molecule has 1 heterocycles. The highest BCUT2D eigenvalue weighted by Gasteiger charge is 2.21. The summed E-state index contributed by atoms with van der Waals surface area (Å²) in [5, 5.41) is 0. The molecule has 114 valence electrons. The van der Waals surface area contributed by atoms with Crippen molar-refractivity contribution in [3.63, 3.8) is 0 Å². The smallest absolute Gasteiger partial charge is 0.219 e. The maximum Gasteiger partial charge on any atom is 0.219 e. The van der Waals surface area contributed by atoms with Gasteiger partial charge < -0.3 is 4.90 Å². The minimum atomic E-state index is 0.117. The number of rotatable bonds is 3. The Bertz CT molecular complexity index is 558. The van der Waals surface area contributed by atoms with Gasteiger partial charge in [0.1, 0.15) is 0 Å². The molecule has 0 radical (unpaired) electrons. The van der Waals surface area contributed by atoms with Crippen molar-refractivity contribution in [2.45, 2.75) is 27.7 Å². The van der Waals surface area contributed by atoms with E-state index in [1.807, 2.05) is 24.8 Å². The van der Waals surface area contributed by atoms with Crippen LogP contribution in [0.4, 0.5) is 0 Å². The lowest BCUT2D eigenvalue weighted by atomic mass is 9.98. The zero-order valence-corrected chi connectivity index (χ0v) is 13.4. The molecule has 1 aromatic rings. The predicted molar refractivity (Wildman–Crippen MR) is 83.7 cm³/mol. The molecular formula is C17H24N2O2. The fourth-order valence-corrected chi connectivity index (χ4v) is 2.77. The topological polar surface area (TPSA) is 40.6 Å². The van der Waals surface area contributed by atoms with E-state index in [-0.39, 0.29) is 11.7 Å². The Hall–Kier alpha value is -1.68. The van der Waals surface area contributed by atoms with E-state index in [4.69, 9.17) is 0 Å². The minimum absolute atomic E-state index is 0.117. The molecule has 4 nitrogen and oxygen atoms in total. The Kier molecular flexibility index (Phi) is 4.78. The number of piperazine rings is 1. The summed E-state index contributed by atoms with van der Waals surface area (Å²) >= 11 is 0. The SMILES string of the molecule is CC(=O)N1CCN(CC(=O)c2cc(C)c(C)cc2C)CC1. The molecule has 0 aliphatic carbocycles. The molecule has 0 bridgehead atoms. The molecule has 0 unspecified atom stereocenters. The second kappa shape index (κ2) is 6.39. The van der Waals surface area contributed by atoms with Gasteiger partial charge in [-0.1, -0.05) is 6.07 Å². The van der Waals surface area contributed by atoms with E-state index in [9.17, 15) is 9.59 Å². The third-order valence-corrected chi connectivity index (χ3v) is 4.33. The summed E-state index contributed by atoms with van der Waals surface area (Å²) in [6.07, 6.45) is 0. The molecule has 0 atom stereocenters. The van der Waals surface area contributed by atoms with E-state index in [1.165, 1.54) is 5.56 Å². The fraction of sp³-hybridized carbons (Fsp3) is 0.529. The molecule has 1 saturated heterocycles. The van der Waals surface area contributed by atoms with Gasteiger partial charge in [0.15, 0.2) is 5.78 Å². The standard InChI is InChI=1S/C17H24N2O2/c1-12-9-14(3)16(10-13(12)2)17(21)11-18-5-7-19(8-6-18)15(4)20/h9-10H,5-8,11H2,1-4H3. The predicted octanol–water partition coefficient (Wildman–Crippen LogP) is 1.96. The number of nitrogens with zero attached hydrogens (tertiary/aromatic N) is 2. The van der Waals surface area contributed by atoms with E-state index in [0.717, 1.165) is 29.8 Å². The molecule has 1 aliphatic rings. The number of Topliss-reactive ketones (excluding diaryl/α,β-unsaturated/α-hetero) is 1. The number of amides is 1. The number of hydrogen-bond acceptors (Lipinski definition) is 3. The van der Waals surface area contributed by atoms with Gasteiger partial charge in [-0.05, 0) is 43.5 Å². The lowest BCUT2D eigenvalue weighted by molar-refractivity contribution is -0.130. The van der Waals surface area contributed by atoms with E-state index in [0.29, 0.717) is 19.6 Å². The van der Waals surface area contributed by atoms with Crippen molar-refractivity contribution in [2.75, 3.05) is 32.7 Å². The molecule has 1 fully saturated rings. The molecule has 0 aromatic heterocycles. The molecule has 0 spiro atoms. The maximum absolute atomic E-state index is 12.5. The first-order valence-electron chi connectivity index (χ1n) is 7.47. The summed E-state index contributed by atoms with van der Waals surface area (Å²) in [4.78, 5) is 27.8. The first kappa shape index (κ1) is 15.7. The van der Waals surface area contributed by atoms with Crippen LogP contribution in [0.15, 0.2) is 12.1 Å². The molecule has 4 heteroatoms. The van der Waals surface area contributed by atoms with Crippen LogP contribution in [0.25, 0.3) is 0 Å². The Labute approximate surface area is 126 Å². The second-order valence-electron chi connectivity index (χ2n) is 5.96. The quantitative estimate of drug-likeness (QED) is 0.798. The summed E-state index contributed by atoms with van der Waals surface area (Å²) in [5.41, 5.74) is 4.25. The van der Waals surface area contributed by atoms with Gasteiger partial charge in [-0.3, -0.25) is 14.5 Å². The van der Waals surface area contributed by atoms with Crippen LogP contribution in [-0.4, -0.2) is 54.2 Å². The van der Waals surface area contributed by atoms with Crippen molar-refractivity contribution in [1.29, 1.82) is 0 Å². The summed E-state index contributed by atoms with van der Waals surface area (Å²) < 4.78 is 0. The molecule has 1 aromatic carbocycles. The third kappa shape index (κ3) is 3.70. The first-order valence-corrected chi connectivity index (χ1v) is 7.47. The highest BCUT2D eigenvalue weighted by molar-refractivity contribution is 5.99. The monoisotopic (exact) mass is 288 g/mol. The van der Waals surface area contributed by atoms with E-state index in [1.54, 1.807) is 6.92 Å². The summed E-state index contributed by atoms with van der Waals surface area (Å²) in [6.45, 7) is 11.1. The Morgan fingerprint density at radius 3 is 2.10 bits per heavy atom. The van der Waals surface area contributed by atoms with Gasteiger partial charge in [-0.25, -0.2) is 0 Å². The second-order valence-corrected chi connectivity index (χ2v) is 5.96. The summed E-state index contributed by atoms with van der Waals surface area (Å²) in [5.74, 6) is 0.290. The number of hydrogen-bond donors (Lipinski definition) is 0. The lowest BCUT2D eigenvalue weighted by Crippen LogP contribution is -2.49. The van der Waals surface area contributed by atoms with Crippen LogP contribution >= 0.6 is 0 Å². The van der Waals surface area contributed by atoms with E-state index < -0.39 is 0 Å². The lowest BCUT2D eigenvalue weighted by Gasteiger charge is -2.33. The molecule has 1 amide bonds. The average Bonchev–Trinajstić information content (AvgIpc) is 2.43. The molecule has 0 saturated carbocycles. The van der Waals surface area contributed by atoms with E-state index in [2.05, 4.69) is 17.9 Å². The van der Waals surface area contributed by atoms with Crippen LogP contribution in [0.1, 0.15) is 34.0 Å². The van der Waals surface area contributed by atoms with Gasteiger partial charge in [-0.2, -0.15) is 0 Å². The van der Waals surface area contributed by atoms with Crippen molar-refractivity contribution in [1.82, 2.24) is 9.80 Å². The van der Waals surface area contributed by atoms with Crippen LogP contribution in [0.5, 0.6) is 0 Å². The van der Waals surface area contributed by atoms with Crippen LogP contribution in [0, 0.1) is 20.8 Å². The van der Waals surface area contributed by atoms with Gasteiger partial charge in [0.2, 0.25) is 5.91 Å². The number of aryl methyl sites for hydroxylation is 3. The molecular weight excluding hydrogens is 264 g/mol. The number of benzene rings is 1. The largest absolute Gasteiger partial charge is 0.340 e. The summed E-state index contributed by atoms with van der Waals surface area (Å²) in [7, 11) is 0. The van der Waals surface area contributed by atoms with Gasteiger partial charge in [0.25, 0.3) is 0 Å². The van der Waals surface area contributed by atoms with Crippen molar-refractivity contribution in [2.24, 2.45) is 0 Å². The van der Waals surface area contributed by atoms with Gasteiger partial charge in [0.05, 0.1) is 6.54 Å². The van der Waals surface area contributed by atoms with Gasteiger partial charge in [0, 0.05) is 38.7 Å². The van der Waals surface area contributed by atoms with Crippen molar-refractivity contribution in [3.8, 4) is 0 Å². The summed E-state index contributed by atoms with van der Waals surface area (Å²) in [6, 6.07) is 4.08. The van der Waals surface area contributed by atoms with Crippen LogP contribution in [0.3, 0.4) is 0 Å².